The van der Waals surface area contributed by atoms with Gasteiger partial charge < -0.3 is 18.9 Å². The normalized spacial score (nSPS) is 12.5. The first-order chi connectivity index (χ1) is 24.4. The summed E-state index contributed by atoms with van der Waals surface area (Å²) in [5.41, 5.74) is 2.19. The van der Waals surface area contributed by atoms with Crippen molar-refractivity contribution in [1.82, 2.24) is 0 Å². The van der Waals surface area contributed by atoms with E-state index >= 15 is 0 Å². The van der Waals surface area contributed by atoms with Crippen LogP contribution in [0.1, 0.15) is 77.6 Å². The van der Waals surface area contributed by atoms with E-state index in [4.69, 9.17) is 18.9 Å². The average molecular weight is 1170 g/mol. The standard InChI is InChI=1S/C41H40I4O8/c1-37(2,42)33(46)50-29-17-9-25(10-18-29)41(26-11-19-30(20-12-26)51-34(47)38(3,4)43,27-13-21-31(22-14-27)52-35(48)39(5,6)44)28-15-23-32(24-16-28)53-36(49)40(7,8)45/h9-24H,1-8H3. The van der Waals surface area contributed by atoms with Crippen molar-refractivity contribution in [1.29, 1.82) is 0 Å². The van der Waals surface area contributed by atoms with Crippen LogP contribution < -0.4 is 18.9 Å². The minimum Gasteiger partial charge on any atom is -0.426 e. The molecule has 0 atom stereocenters. The van der Waals surface area contributed by atoms with Gasteiger partial charge in [-0.05, 0) is 126 Å². The fourth-order valence-corrected chi connectivity index (χ4v) is 5.45. The molecule has 0 aromatic heterocycles. The number of hydrogen-bond acceptors (Lipinski definition) is 8. The molecule has 4 rings (SSSR count). The van der Waals surface area contributed by atoms with Gasteiger partial charge in [-0.1, -0.05) is 139 Å². The molecule has 0 radical (unpaired) electrons. The molecular weight excluding hydrogens is 1130 g/mol. The lowest BCUT2D eigenvalue weighted by Crippen LogP contribution is -2.32. The summed E-state index contributed by atoms with van der Waals surface area (Å²) in [6.07, 6.45) is 0. The Labute approximate surface area is 365 Å². The van der Waals surface area contributed by atoms with E-state index in [0.717, 1.165) is 22.3 Å². The van der Waals surface area contributed by atoms with Gasteiger partial charge >= 0.3 is 23.9 Å². The Morgan fingerprint density at radius 1 is 0.340 bits per heavy atom. The molecule has 4 aromatic rings. The van der Waals surface area contributed by atoms with E-state index in [9.17, 15) is 19.2 Å². The van der Waals surface area contributed by atoms with Crippen molar-refractivity contribution < 1.29 is 38.1 Å². The molecule has 0 saturated carbocycles. The van der Waals surface area contributed by atoms with Crippen LogP contribution in [0.2, 0.25) is 0 Å². The lowest BCUT2D eigenvalue weighted by atomic mass is 9.65. The summed E-state index contributed by atoms with van der Waals surface area (Å²) < 4.78 is 19.9. The molecule has 0 amide bonds. The molecule has 0 saturated heterocycles. The fourth-order valence-electron chi connectivity index (χ4n) is 5.01. The van der Waals surface area contributed by atoms with Crippen LogP contribution in [0.25, 0.3) is 0 Å². The highest BCUT2D eigenvalue weighted by molar-refractivity contribution is 14.1. The third kappa shape index (κ3) is 10.9. The number of alkyl halides is 4. The van der Waals surface area contributed by atoms with Gasteiger partial charge in [0.1, 0.15) is 36.7 Å². The number of hydrogen-bond donors (Lipinski definition) is 0. The van der Waals surface area contributed by atoms with Crippen molar-refractivity contribution in [2.24, 2.45) is 0 Å². The van der Waals surface area contributed by atoms with E-state index in [2.05, 4.69) is 0 Å². The SMILES string of the molecule is CC(C)(I)C(=O)Oc1ccc(C(c2ccc(OC(=O)C(C)(C)I)cc2)(c2ccc(OC(=O)C(C)(C)I)cc2)c2ccc(OC(=O)C(C)(C)I)cc2)cc1. The quantitative estimate of drug-likeness (QED) is 0.0454. The molecule has 0 aliphatic heterocycles. The first-order valence-corrected chi connectivity index (χ1v) is 20.8. The van der Waals surface area contributed by atoms with Crippen LogP contribution >= 0.6 is 90.4 Å². The van der Waals surface area contributed by atoms with Gasteiger partial charge in [-0.15, -0.1) is 0 Å². The molecule has 53 heavy (non-hydrogen) atoms. The molecule has 0 unspecified atom stereocenters. The van der Waals surface area contributed by atoms with E-state index in [1.807, 2.05) is 139 Å². The molecule has 0 spiro atoms. The highest BCUT2D eigenvalue weighted by atomic mass is 127. The van der Waals surface area contributed by atoms with Crippen LogP contribution in [0.4, 0.5) is 0 Å². The van der Waals surface area contributed by atoms with Crippen molar-refractivity contribution in [3.63, 3.8) is 0 Å². The third-order valence-electron chi connectivity index (χ3n) is 7.93. The van der Waals surface area contributed by atoms with Crippen LogP contribution in [0, 0.1) is 0 Å². The van der Waals surface area contributed by atoms with Gasteiger partial charge in [0.15, 0.2) is 0 Å². The molecule has 0 aliphatic rings. The van der Waals surface area contributed by atoms with Gasteiger partial charge in [0.25, 0.3) is 0 Å². The van der Waals surface area contributed by atoms with E-state index < -0.39 is 19.1 Å². The number of halogens is 4. The smallest absolute Gasteiger partial charge is 0.326 e. The Bertz CT molecular complexity index is 1650. The van der Waals surface area contributed by atoms with Crippen molar-refractivity contribution in [3.8, 4) is 23.0 Å². The number of carbonyl (C=O) groups excluding carboxylic acids is 4. The highest BCUT2D eigenvalue weighted by Crippen LogP contribution is 2.47. The maximum atomic E-state index is 12.8. The van der Waals surface area contributed by atoms with E-state index in [0.29, 0.717) is 23.0 Å². The average Bonchev–Trinajstić information content (AvgIpc) is 3.06. The first-order valence-electron chi connectivity index (χ1n) is 16.5. The third-order valence-corrected chi connectivity index (χ3v) is 9.69. The lowest BCUT2D eigenvalue weighted by Gasteiger charge is -2.37. The number of rotatable bonds is 12. The van der Waals surface area contributed by atoms with Gasteiger partial charge in [-0.3, -0.25) is 19.2 Å². The number of ether oxygens (including phenoxy) is 4. The van der Waals surface area contributed by atoms with Crippen LogP contribution in [0.15, 0.2) is 97.1 Å². The van der Waals surface area contributed by atoms with Gasteiger partial charge in [-0.25, -0.2) is 0 Å². The zero-order valence-electron chi connectivity index (χ0n) is 30.5. The largest absolute Gasteiger partial charge is 0.426 e. The van der Waals surface area contributed by atoms with Gasteiger partial charge in [0.05, 0.1) is 5.41 Å². The van der Waals surface area contributed by atoms with Gasteiger partial charge in [-0.2, -0.15) is 0 Å². The predicted molar refractivity (Wildman–Crippen MR) is 240 cm³/mol. The lowest BCUT2D eigenvalue weighted by molar-refractivity contribution is -0.136. The maximum absolute atomic E-state index is 12.8. The fraction of sp³-hybridized carbons (Fsp3) is 0.317. The Kier molecular flexibility index (Phi) is 13.8. The highest BCUT2D eigenvalue weighted by Gasteiger charge is 2.39. The summed E-state index contributed by atoms with van der Waals surface area (Å²) in [5, 5.41) is 0. The maximum Gasteiger partial charge on any atom is 0.326 e. The number of benzene rings is 4. The Balaban J connectivity index is 1.96. The molecule has 0 N–H and O–H groups in total. The molecule has 280 valence electrons. The van der Waals surface area contributed by atoms with Crippen molar-refractivity contribution >= 4 is 114 Å². The summed E-state index contributed by atoms with van der Waals surface area (Å²) in [6, 6.07) is 29.2. The predicted octanol–water partition coefficient (Wildman–Crippen LogP) is 10.5. The summed E-state index contributed by atoms with van der Waals surface area (Å²) in [4.78, 5) is 51.0. The minimum atomic E-state index is -1.04. The molecule has 0 bridgehead atoms. The number of esters is 4. The monoisotopic (exact) mass is 1170 g/mol. The summed E-state index contributed by atoms with van der Waals surface area (Å²) in [6.45, 7) is 14.2. The Morgan fingerprint density at radius 2 is 0.491 bits per heavy atom. The topological polar surface area (TPSA) is 105 Å². The second-order valence-corrected chi connectivity index (χ2v) is 25.1. The summed E-state index contributed by atoms with van der Waals surface area (Å²) >= 11 is 8.18. The molecule has 8 nitrogen and oxygen atoms in total. The van der Waals surface area contributed by atoms with Crippen LogP contribution in [0.3, 0.4) is 0 Å². The minimum absolute atomic E-state index is 0.378. The first kappa shape index (κ1) is 43.4. The molecule has 12 heteroatoms. The molecule has 0 heterocycles. The summed E-state index contributed by atoms with van der Waals surface area (Å²) in [5.74, 6) is 0.0184. The van der Waals surface area contributed by atoms with E-state index in [1.165, 1.54) is 0 Å². The van der Waals surface area contributed by atoms with Crippen molar-refractivity contribution in [2.45, 2.75) is 74.5 Å². The molecule has 0 aliphatic carbocycles. The molecule has 0 fully saturated rings. The van der Waals surface area contributed by atoms with Gasteiger partial charge in [0.2, 0.25) is 0 Å². The molecule has 4 aromatic carbocycles. The second kappa shape index (κ2) is 16.8. The van der Waals surface area contributed by atoms with Crippen LogP contribution in [-0.2, 0) is 24.6 Å². The van der Waals surface area contributed by atoms with Crippen molar-refractivity contribution in [2.75, 3.05) is 0 Å². The summed E-state index contributed by atoms with van der Waals surface area (Å²) in [7, 11) is 0. The zero-order chi connectivity index (χ0) is 39.6. The molecular formula is C41H40I4O8. The zero-order valence-corrected chi connectivity index (χ0v) is 39.1. The van der Waals surface area contributed by atoms with Crippen molar-refractivity contribution in [3.05, 3.63) is 119 Å². The van der Waals surface area contributed by atoms with Gasteiger partial charge in [0, 0.05) is 0 Å². The Hall–Kier alpha value is -2.32. The Morgan fingerprint density at radius 3 is 0.623 bits per heavy atom. The van der Waals surface area contributed by atoms with E-state index in [1.54, 1.807) is 104 Å². The van der Waals surface area contributed by atoms with Crippen LogP contribution in [-0.4, -0.2) is 37.6 Å². The van der Waals surface area contributed by atoms with E-state index in [-0.39, 0.29) is 23.9 Å². The second-order valence-electron chi connectivity index (χ2n) is 14.3. The number of carbonyl (C=O) groups is 4. The van der Waals surface area contributed by atoms with Crippen LogP contribution in [0.5, 0.6) is 23.0 Å².